The molecule has 108 valence electrons. The Bertz CT molecular complexity index is 106. The molecular weight excluding hydrogens is 369 g/mol. The summed E-state index contributed by atoms with van der Waals surface area (Å²) in [5.41, 5.74) is 0. The Kier molecular flexibility index (Phi) is 23.5. The Morgan fingerprint density at radius 2 is 0.529 bits per heavy atom. The van der Waals surface area contributed by atoms with Crippen molar-refractivity contribution in [3.8, 4) is 0 Å². The van der Waals surface area contributed by atoms with Crippen LogP contribution >= 0.6 is 31.7 Å². The van der Waals surface area contributed by atoms with Gasteiger partial charge in [0.15, 0.2) is 0 Å². The fourth-order valence-electron chi connectivity index (χ4n) is 0.800. The van der Waals surface area contributed by atoms with E-state index in [-0.39, 0.29) is 19.5 Å². The Hall–Kier alpha value is 2.34. The summed E-state index contributed by atoms with van der Waals surface area (Å²) in [4.78, 5) is 0. The smallest absolute Gasteiger partial charge is 0 e. The van der Waals surface area contributed by atoms with Crippen LogP contribution in [0.25, 0.3) is 0 Å². The number of hydrogen-bond acceptors (Lipinski definition) is 0. The van der Waals surface area contributed by atoms with Crippen LogP contribution in [0.15, 0.2) is 0 Å². The summed E-state index contributed by atoms with van der Waals surface area (Å²) in [5.74, 6) is 0. The quantitative estimate of drug-likeness (QED) is 0.437. The molecule has 0 fully saturated rings. The molecule has 0 atom stereocenters. The topological polar surface area (TPSA) is 0 Å². The maximum Gasteiger partial charge on any atom is 0 e. The average Bonchev–Trinajstić information content (AvgIpc) is 2.12. The molecule has 0 N–H and O–H groups in total. The molecule has 0 aromatic heterocycles. The van der Waals surface area contributed by atoms with Gasteiger partial charge in [0.25, 0.3) is 0 Å². The van der Waals surface area contributed by atoms with Gasteiger partial charge in [0, 0.05) is 19.5 Å². The summed E-state index contributed by atoms with van der Waals surface area (Å²) < 4.78 is 0. The average molecular weight is 401 g/mol. The zero-order valence-corrected chi connectivity index (χ0v) is 18.3. The van der Waals surface area contributed by atoms with E-state index in [1.807, 2.05) is 0 Å². The van der Waals surface area contributed by atoms with Gasteiger partial charge in [-0.15, -0.1) is 31.7 Å². The first-order valence-electron chi connectivity index (χ1n) is 5.84. The van der Waals surface area contributed by atoms with E-state index in [0.717, 1.165) is 0 Å². The molecule has 0 bridgehead atoms. The Labute approximate surface area is 129 Å². The molecule has 0 saturated heterocycles. The summed E-state index contributed by atoms with van der Waals surface area (Å²) in [5, 5.41) is 0. The zero-order chi connectivity index (χ0) is 13.1. The minimum absolute atomic E-state index is 0. The fraction of sp³-hybridized carbons (Fsp3) is 1.00. The second kappa shape index (κ2) is 16.4. The Morgan fingerprint density at radius 1 is 0.412 bits per heavy atom. The van der Waals surface area contributed by atoms with Crippen molar-refractivity contribution in [3.05, 3.63) is 0 Å². The van der Waals surface area contributed by atoms with Gasteiger partial charge in [-0.05, 0) is 78.0 Å². The van der Waals surface area contributed by atoms with E-state index >= 15 is 0 Å². The maximum atomic E-state index is 2.36. The van der Waals surface area contributed by atoms with Crippen molar-refractivity contribution in [2.75, 3.05) is 78.0 Å². The van der Waals surface area contributed by atoms with Crippen molar-refractivity contribution in [2.45, 2.75) is 0 Å². The molecule has 0 aliphatic carbocycles. The van der Waals surface area contributed by atoms with Crippen molar-refractivity contribution in [1.82, 2.24) is 0 Å². The molecule has 0 amide bonds. The molecule has 0 saturated carbocycles. The molecule has 0 heterocycles. The molecule has 0 aliphatic heterocycles. The van der Waals surface area contributed by atoms with E-state index < -0.39 is 0 Å². The Balaban J connectivity index is -0.000000218. The molecule has 17 heavy (non-hydrogen) atoms. The SMILES string of the molecule is CP(C)CCP(C)C.CP(C)CCP(C)C.[Ru]. The van der Waals surface area contributed by atoms with Gasteiger partial charge in [0.1, 0.15) is 0 Å². The normalized spacial score (nSPS) is 10.6. The molecule has 5 heteroatoms. The largest absolute Gasteiger partial charge is 0.113 e. The van der Waals surface area contributed by atoms with E-state index in [1.165, 1.54) is 24.6 Å². The van der Waals surface area contributed by atoms with Crippen LogP contribution in [-0.4, -0.2) is 78.0 Å². The van der Waals surface area contributed by atoms with Gasteiger partial charge in [-0.2, -0.15) is 0 Å². The van der Waals surface area contributed by atoms with Crippen LogP contribution < -0.4 is 0 Å². The number of rotatable bonds is 6. The second-order valence-electron chi connectivity index (χ2n) is 5.21. The van der Waals surface area contributed by atoms with Crippen LogP contribution in [0, 0.1) is 0 Å². The molecule has 0 nitrogen and oxygen atoms in total. The summed E-state index contributed by atoms with van der Waals surface area (Å²) in [6, 6.07) is 0. The minimum atomic E-state index is 0. The van der Waals surface area contributed by atoms with Crippen LogP contribution in [0.5, 0.6) is 0 Å². The van der Waals surface area contributed by atoms with Crippen molar-refractivity contribution in [3.63, 3.8) is 0 Å². The monoisotopic (exact) mass is 402 g/mol. The molecule has 0 aliphatic rings. The minimum Gasteiger partial charge on any atom is -0.113 e. The van der Waals surface area contributed by atoms with Crippen molar-refractivity contribution in [1.29, 1.82) is 0 Å². The Morgan fingerprint density at radius 3 is 0.588 bits per heavy atom. The second-order valence-corrected chi connectivity index (χ2v) is 15.6. The third kappa shape index (κ3) is 32.2. The van der Waals surface area contributed by atoms with Crippen LogP contribution in [0.3, 0.4) is 0 Å². The summed E-state index contributed by atoms with van der Waals surface area (Å²) in [7, 11) is 1.53. The van der Waals surface area contributed by atoms with Gasteiger partial charge < -0.3 is 0 Å². The van der Waals surface area contributed by atoms with Crippen LogP contribution in [0.2, 0.25) is 0 Å². The third-order valence-electron chi connectivity index (χ3n) is 1.99. The van der Waals surface area contributed by atoms with Crippen LogP contribution in [0.1, 0.15) is 0 Å². The summed E-state index contributed by atoms with van der Waals surface area (Å²) >= 11 is 0. The van der Waals surface area contributed by atoms with Crippen molar-refractivity contribution in [2.24, 2.45) is 0 Å². The molecule has 0 aromatic rings. The van der Waals surface area contributed by atoms with E-state index in [2.05, 4.69) is 53.3 Å². The molecule has 0 aromatic carbocycles. The van der Waals surface area contributed by atoms with Gasteiger partial charge in [-0.3, -0.25) is 0 Å². The van der Waals surface area contributed by atoms with Crippen LogP contribution in [0.4, 0.5) is 0 Å². The van der Waals surface area contributed by atoms with Crippen molar-refractivity contribution < 1.29 is 19.5 Å². The molecule has 0 spiro atoms. The molecule has 0 rings (SSSR count). The zero-order valence-electron chi connectivity index (χ0n) is 13.0. The van der Waals surface area contributed by atoms with Crippen molar-refractivity contribution >= 4 is 31.7 Å². The number of hydrogen-bond donors (Lipinski definition) is 0. The van der Waals surface area contributed by atoms with Crippen LogP contribution in [-0.2, 0) is 19.5 Å². The first-order valence-corrected chi connectivity index (χ1v) is 15.5. The van der Waals surface area contributed by atoms with E-state index in [1.54, 1.807) is 0 Å². The van der Waals surface area contributed by atoms with Gasteiger partial charge in [-0.1, -0.05) is 0 Å². The van der Waals surface area contributed by atoms with Gasteiger partial charge in [0.2, 0.25) is 0 Å². The molecule has 0 unspecified atom stereocenters. The first kappa shape index (κ1) is 24.4. The third-order valence-corrected chi connectivity index (χ3v) is 7.17. The molecule has 0 radical (unpaired) electrons. The summed E-state index contributed by atoms with van der Waals surface area (Å²) in [6.07, 6.45) is 5.92. The standard InChI is InChI=1S/2C6H16P2.Ru/c2*1-7(2)5-6-8(3)4;/h2*5-6H2,1-4H3;. The van der Waals surface area contributed by atoms with Gasteiger partial charge >= 0.3 is 0 Å². The predicted molar refractivity (Wildman–Crippen MR) is 94.5 cm³/mol. The van der Waals surface area contributed by atoms with E-state index in [9.17, 15) is 0 Å². The fourth-order valence-corrected chi connectivity index (χ4v) is 7.20. The molecular formula is C12H32P4Ru. The first-order chi connectivity index (χ1) is 7.25. The van der Waals surface area contributed by atoms with Gasteiger partial charge in [0.05, 0.1) is 0 Å². The summed E-state index contributed by atoms with van der Waals surface area (Å²) in [6.45, 7) is 18.8. The van der Waals surface area contributed by atoms with E-state index in [4.69, 9.17) is 0 Å². The predicted octanol–water partition coefficient (Wildman–Crippen LogP) is 4.94. The van der Waals surface area contributed by atoms with E-state index in [0.29, 0.717) is 31.7 Å². The maximum absolute atomic E-state index is 2.36. The van der Waals surface area contributed by atoms with Gasteiger partial charge in [-0.25, -0.2) is 0 Å².